The van der Waals surface area contributed by atoms with Crippen molar-refractivity contribution in [2.24, 2.45) is 5.92 Å². The molecule has 1 N–H and O–H groups in total. The number of ether oxygens (including phenoxy) is 2. The van der Waals surface area contributed by atoms with Crippen LogP contribution < -0.4 is 10.1 Å². The van der Waals surface area contributed by atoms with E-state index in [1.807, 2.05) is 24.3 Å². The highest BCUT2D eigenvalue weighted by molar-refractivity contribution is 7.89. The molecule has 0 aliphatic carbocycles. The molecule has 0 atom stereocenters. The van der Waals surface area contributed by atoms with Gasteiger partial charge < -0.3 is 14.8 Å². The van der Waals surface area contributed by atoms with Gasteiger partial charge in [-0.2, -0.15) is 4.31 Å². The summed E-state index contributed by atoms with van der Waals surface area (Å²) < 4.78 is 37.7. The largest absolute Gasteiger partial charge is 0.493 e. The Bertz CT molecular complexity index is 859. The quantitative estimate of drug-likeness (QED) is 0.678. The lowest BCUT2D eigenvalue weighted by Crippen LogP contribution is -2.40. The van der Waals surface area contributed by atoms with E-state index < -0.39 is 10.0 Å². The second kappa shape index (κ2) is 10.2. The Morgan fingerprint density at radius 1 is 0.966 bits per heavy atom. The highest BCUT2D eigenvalue weighted by Gasteiger charge is 2.25. The molecule has 2 aromatic rings. The molecule has 3 rings (SSSR count). The molecule has 1 heterocycles. The molecule has 6 nitrogen and oxygen atoms in total. The summed E-state index contributed by atoms with van der Waals surface area (Å²) in [5.74, 6) is 1.39. The molecule has 0 unspecified atom stereocenters. The zero-order valence-electron chi connectivity index (χ0n) is 17.1. The molecule has 1 saturated heterocycles. The van der Waals surface area contributed by atoms with E-state index in [2.05, 4.69) is 31.3 Å². The van der Waals surface area contributed by atoms with E-state index in [0.717, 1.165) is 24.5 Å². The van der Waals surface area contributed by atoms with E-state index in [9.17, 15) is 8.42 Å². The Kier molecular flexibility index (Phi) is 7.66. The summed E-state index contributed by atoms with van der Waals surface area (Å²) in [6.45, 7) is 8.10. The van der Waals surface area contributed by atoms with Crippen molar-refractivity contribution in [2.45, 2.75) is 31.8 Å². The summed E-state index contributed by atoms with van der Waals surface area (Å²) in [6, 6.07) is 15.2. The Hall–Kier alpha value is -1.93. The zero-order valence-corrected chi connectivity index (χ0v) is 18.0. The van der Waals surface area contributed by atoms with Gasteiger partial charge in [-0.25, -0.2) is 8.42 Å². The average molecular weight is 419 g/mol. The molecule has 0 aromatic heterocycles. The number of benzene rings is 2. The fraction of sp³-hybridized carbons (Fsp3) is 0.455. The molecule has 2 aromatic carbocycles. The summed E-state index contributed by atoms with van der Waals surface area (Å²) in [4.78, 5) is 0.333. The van der Waals surface area contributed by atoms with Crippen LogP contribution in [0.3, 0.4) is 0 Å². The van der Waals surface area contributed by atoms with Crippen LogP contribution in [0.5, 0.6) is 5.75 Å². The Labute approximate surface area is 173 Å². The van der Waals surface area contributed by atoms with Crippen LogP contribution in [-0.4, -0.2) is 45.6 Å². The SMILES string of the molecule is CC(C)COc1ccc(CNCc2ccc(S(=O)(=O)N3CCOCC3)cc2)cc1. The van der Waals surface area contributed by atoms with E-state index in [1.54, 1.807) is 12.1 Å². The number of nitrogens with one attached hydrogen (secondary N) is 1. The Morgan fingerprint density at radius 3 is 2.07 bits per heavy atom. The van der Waals surface area contributed by atoms with Crippen LogP contribution in [-0.2, 0) is 27.8 Å². The lowest BCUT2D eigenvalue weighted by atomic mass is 10.2. The van der Waals surface area contributed by atoms with Crippen LogP contribution in [0.1, 0.15) is 25.0 Å². The first-order valence-electron chi connectivity index (χ1n) is 10.0. The van der Waals surface area contributed by atoms with Gasteiger partial charge in [-0.1, -0.05) is 38.1 Å². The molecule has 1 fully saturated rings. The fourth-order valence-electron chi connectivity index (χ4n) is 3.03. The van der Waals surface area contributed by atoms with Crippen molar-refractivity contribution in [3.8, 4) is 5.75 Å². The number of sulfonamides is 1. The molecule has 1 aliphatic rings. The van der Waals surface area contributed by atoms with Gasteiger partial charge in [0.25, 0.3) is 0 Å². The van der Waals surface area contributed by atoms with E-state index in [1.165, 1.54) is 9.87 Å². The summed E-state index contributed by atoms with van der Waals surface area (Å²) in [5.41, 5.74) is 2.22. The van der Waals surface area contributed by atoms with Crippen LogP contribution in [0, 0.1) is 5.92 Å². The second-order valence-electron chi connectivity index (χ2n) is 7.61. The lowest BCUT2D eigenvalue weighted by Gasteiger charge is -2.26. The summed E-state index contributed by atoms with van der Waals surface area (Å²) in [5, 5.41) is 3.39. The molecule has 0 bridgehead atoms. The predicted molar refractivity (Wildman–Crippen MR) is 113 cm³/mol. The van der Waals surface area contributed by atoms with Gasteiger partial charge in [0.05, 0.1) is 24.7 Å². The van der Waals surface area contributed by atoms with Gasteiger partial charge in [0.1, 0.15) is 5.75 Å². The van der Waals surface area contributed by atoms with Gasteiger partial charge in [0, 0.05) is 26.2 Å². The van der Waals surface area contributed by atoms with Crippen molar-refractivity contribution in [3.63, 3.8) is 0 Å². The van der Waals surface area contributed by atoms with Crippen molar-refractivity contribution in [3.05, 3.63) is 59.7 Å². The number of nitrogens with zero attached hydrogens (tertiary/aromatic N) is 1. The van der Waals surface area contributed by atoms with Gasteiger partial charge in [-0.3, -0.25) is 0 Å². The minimum absolute atomic E-state index is 0.333. The molecule has 1 aliphatic heterocycles. The molecule has 7 heteroatoms. The normalized spacial score (nSPS) is 15.6. The molecule has 0 radical (unpaired) electrons. The smallest absolute Gasteiger partial charge is 0.243 e. The Morgan fingerprint density at radius 2 is 1.52 bits per heavy atom. The minimum Gasteiger partial charge on any atom is -0.493 e. The first-order chi connectivity index (χ1) is 13.9. The van der Waals surface area contributed by atoms with Gasteiger partial charge in [0.2, 0.25) is 10.0 Å². The summed E-state index contributed by atoms with van der Waals surface area (Å²) >= 11 is 0. The monoisotopic (exact) mass is 418 g/mol. The first-order valence-corrected chi connectivity index (χ1v) is 11.5. The molecular weight excluding hydrogens is 388 g/mol. The van der Waals surface area contributed by atoms with Crippen LogP contribution >= 0.6 is 0 Å². The van der Waals surface area contributed by atoms with Gasteiger partial charge in [-0.15, -0.1) is 0 Å². The molecule has 158 valence electrons. The topological polar surface area (TPSA) is 67.9 Å². The molecule has 29 heavy (non-hydrogen) atoms. The number of rotatable bonds is 9. The van der Waals surface area contributed by atoms with Crippen LogP contribution in [0.25, 0.3) is 0 Å². The minimum atomic E-state index is -3.44. The average Bonchev–Trinajstić information content (AvgIpc) is 2.74. The molecule has 0 saturated carbocycles. The van der Waals surface area contributed by atoms with Crippen molar-refractivity contribution in [1.29, 1.82) is 0 Å². The second-order valence-corrected chi connectivity index (χ2v) is 9.55. The number of hydrogen-bond donors (Lipinski definition) is 1. The third-order valence-corrected chi connectivity index (χ3v) is 6.61. The van der Waals surface area contributed by atoms with Crippen molar-refractivity contribution >= 4 is 10.0 Å². The van der Waals surface area contributed by atoms with E-state index in [-0.39, 0.29) is 0 Å². The zero-order chi connectivity index (χ0) is 20.7. The van der Waals surface area contributed by atoms with Gasteiger partial charge in [0.15, 0.2) is 0 Å². The van der Waals surface area contributed by atoms with E-state index in [0.29, 0.717) is 43.7 Å². The maximum Gasteiger partial charge on any atom is 0.243 e. The Balaban J connectivity index is 1.49. The van der Waals surface area contributed by atoms with Crippen LogP contribution in [0.15, 0.2) is 53.4 Å². The molecular formula is C22H30N2O4S. The van der Waals surface area contributed by atoms with Gasteiger partial charge >= 0.3 is 0 Å². The first kappa shape index (κ1) is 21.8. The van der Waals surface area contributed by atoms with Crippen molar-refractivity contribution in [1.82, 2.24) is 9.62 Å². The third kappa shape index (κ3) is 6.27. The van der Waals surface area contributed by atoms with Crippen molar-refractivity contribution in [2.75, 3.05) is 32.9 Å². The van der Waals surface area contributed by atoms with Crippen LogP contribution in [0.2, 0.25) is 0 Å². The number of hydrogen-bond acceptors (Lipinski definition) is 5. The maximum absolute atomic E-state index is 12.7. The summed E-state index contributed by atoms with van der Waals surface area (Å²) in [7, 11) is -3.44. The summed E-state index contributed by atoms with van der Waals surface area (Å²) in [6.07, 6.45) is 0. The highest BCUT2D eigenvalue weighted by Crippen LogP contribution is 2.18. The molecule has 0 spiro atoms. The standard InChI is InChI=1S/C22H30N2O4S/c1-18(2)17-28-21-7-3-19(4-8-21)15-23-16-20-5-9-22(10-6-20)29(25,26)24-11-13-27-14-12-24/h3-10,18,23H,11-17H2,1-2H3. The van der Waals surface area contributed by atoms with Gasteiger partial charge in [-0.05, 0) is 41.3 Å². The van der Waals surface area contributed by atoms with Crippen molar-refractivity contribution < 1.29 is 17.9 Å². The highest BCUT2D eigenvalue weighted by atomic mass is 32.2. The lowest BCUT2D eigenvalue weighted by molar-refractivity contribution is 0.0730. The third-order valence-electron chi connectivity index (χ3n) is 4.70. The van der Waals surface area contributed by atoms with E-state index in [4.69, 9.17) is 9.47 Å². The molecule has 0 amide bonds. The number of morpholine rings is 1. The predicted octanol–water partition coefficient (Wildman–Crippen LogP) is 3.03. The van der Waals surface area contributed by atoms with Crippen LogP contribution in [0.4, 0.5) is 0 Å². The van der Waals surface area contributed by atoms with E-state index >= 15 is 0 Å². The maximum atomic E-state index is 12.7. The fourth-order valence-corrected chi connectivity index (χ4v) is 4.44.